The first-order valence-electron chi connectivity index (χ1n) is 4.47. The van der Waals surface area contributed by atoms with Crippen molar-refractivity contribution in [2.45, 2.75) is 5.92 Å². The highest BCUT2D eigenvalue weighted by molar-refractivity contribution is 5.65. The molecule has 2 N–H and O–H groups in total. The van der Waals surface area contributed by atoms with Crippen LogP contribution in [0.5, 0.6) is 0 Å². The van der Waals surface area contributed by atoms with Gasteiger partial charge < -0.3 is 5.73 Å². The molecule has 0 radical (unpaired) electrons. The van der Waals surface area contributed by atoms with E-state index in [1.807, 2.05) is 0 Å². The first-order valence-corrected chi connectivity index (χ1v) is 4.47. The number of nitrogen functional groups attached to an aromatic ring is 1. The molecule has 0 aliphatic carbocycles. The molecule has 18 heavy (non-hydrogen) atoms. The summed E-state index contributed by atoms with van der Waals surface area (Å²) in [6.45, 7) is 0. The largest absolute Gasteiger partial charge is 0.383 e. The van der Waals surface area contributed by atoms with Gasteiger partial charge in [-0.15, -0.1) is 0 Å². The van der Waals surface area contributed by atoms with Crippen LogP contribution in [0.25, 0.3) is 0 Å². The molecule has 0 unspecified atom stereocenters. The fourth-order valence-electron chi connectivity index (χ4n) is 1.32. The van der Waals surface area contributed by atoms with Gasteiger partial charge in [0.05, 0.1) is 29.0 Å². The van der Waals surface area contributed by atoms with Gasteiger partial charge in [-0.1, -0.05) is 0 Å². The maximum Gasteiger partial charge on any atom is 0.176 e. The zero-order chi connectivity index (χ0) is 13.7. The molecule has 1 heterocycles. The Hall–Kier alpha value is -3.60. The Labute approximate surface area is 102 Å². The number of hydrogen-bond donors (Lipinski definition) is 1. The van der Waals surface area contributed by atoms with Gasteiger partial charge in [0.15, 0.2) is 5.92 Å². The highest BCUT2D eigenvalue weighted by Crippen LogP contribution is 2.25. The molecule has 0 aliphatic heterocycles. The average molecular weight is 233 g/mol. The van der Waals surface area contributed by atoms with Crippen LogP contribution in [0.1, 0.15) is 28.3 Å². The molecule has 0 aromatic carbocycles. The number of nitrogens with two attached hydrogens (primary N) is 1. The van der Waals surface area contributed by atoms with Crippen molar-refractivity contribution in [2.75, 3.05) is 5.73 Å². The van der Waals surface area contributed by atoms with Gasteiger partial charge in [0.25, 0.3) is 0 Å². The van der Waals surface area contributed by atoms with Crippen LogP contribution in [0.3, 0.4) is 0 Å². The van der Waals surface area contributed by atoms with Crippen molar-refractivity contribution in [3.8, 4) is 30.3 Å². The zero-order valence-corrected chi connectivity index (χ0v) is 8.84. The lowest BCUT2D eigenvalue weighted by Gasteiger charge is -2.07. The molecule has 0 aliphatic rings. The Kier molecular flexibility index (Phi) is 3.43. The van der Waals surface area contributed by atoms with Gasteiger partial charge in [0, 0.05) is 0 Å². The third-order valence-electron chi connectivity index (χ3n) is 2.12. The number of aromatic nitrogens is 1. The Morgan fingerprint density at radius 2 is 1.33 bits per heavy atom. The Morgan fingerprint density at radius 1 is 0.833 bits per heavy atom. The van der Waals surface area contributed by atoms with Gasteiger partial charge in [-0.3, -0.25) is 0 Å². The van der Waals surface area contributed by atoms with Gasteiger partial charge in [0.1, 0.15) is 29.6 Å². The van der Waals surface area contributed by atoms with Crippen molar-refractivity contribution in [1.82, 2.24) is 4.98 Å². The maximum atomic E-state index is 8.97. The normalized spacial score (nSPS) is 8.44. The fraction of sp³-hybridized carbons (Fsp3) is 0.0909. The molecule has 0 fully saturated rings. The highest BCUT2D eigenvalue weighted by Gasteiger charge is 2.24. The monoisotopic (exact) mass is 233 g/mol. The Morgan fingerprint density at radius 3 is 1.72 bits per heavy atom. The van der Waals surface area contributed by atoms with Crippen molar-refractivity contribution in [1.29, 1.82) is 26.3 Å². The summed E-state index contributed by atoms with van der Waals surface area (Å²) in [6.07, 6.45) is 0. The lowest BCUT2D eigenvalue weighted by molar-refractivity contribution is 1.00. The molecule has 1 aromatic rings. The van der Waals surface area contributed by atoms with E-state index in [9.17, 15) is 0 Å². The number of nitrogens with zero attached hydrogens (tertiary/aromatic N) is 6. The van der Waals surface area contributed by atoms with Crippen molar-refractivity contribution in [3.05, 3.63) is 22.4 Å². The third kappa shape index (κ3) is 1.74. The van der Waals surface area contributed by atoms with Gasteiger partial charge in [-0.25, -0.2) is 4.98 Å². The molecule has 0 atom stereocenters. The molecular formula is C11H3N7. The minimum atomic E-state index is -1.32. The smallest absolute Gasteiger partial charge is 0.176 e. The topological polar surface area (TPSA) is 158 Å². The minimum Gasteiger partial charge on any atom is -0.383 e. The van der Waals surface area contributed by atoms with E-state index in [1.54, 1.807) is 30.3 Å². The first-order chi connectivity index (χ1) is 8.64. The van der Waals surface area contributed by atoms with Crippen LogP contribution in [0, 0.1) is 56.7 Å². The second kappa shape index (κ2) is 4.95. The zero-order valence-electron chi connectivity index (χ0n) is 8.84. The van der Waals surface area contributed by atoms with E-state index in [0.29, 0.717) is 0 Å². The van der Waals surface area contributed by atoms with Crippen molar-refractivity contribution in [2.24, 2.45) is 0 Å². The maximum absolute atomic E-state index is 8.97. The molecule has 0 saturated carbocycles. The minimum absolute atomic E-state index is 0.199. The van der Waals surface area contributed by atoms with Crippen LogP contribution in [0.2, 0.25) is 0 Å². The first kappa shape index (κ1) is 12.5. The molecule has 1 aromatic heterocycles. The van der Waals surface area contributed by atoms with Crippen LogP contribution < -0.4 is 5.73 Å². The molecule has 7 heteroatoms. The Balaban J connectivity index is 3.83. The fourth-order valence-corrected chi connectivity index (χ4v) is 1.32. The second-order valence-electron chi connectivity index (χ2n) is 3.03. The Bertz CT molecular complexity index is 699. The quantitative estimate of drug-likeness (QED) is 0.734. The third-order valence-corrected chi connectivity index (χ3v) is 2.12. The summed E-state index contributed by atoms with van der Waals surface area (Å²) in [5, 5.41) is 44.3. The number of rotatable bonds is 1. The summed E-state index contributed by atoms with van der Waals surface area (Å²) in [7, 11) is 0. The van der Waals surface area contributed by atoms with E-state index >= 15 is 0 Å². The summed E-state index contributed by atoms with van der Waals surface area (Å²) in [6, 6.07) is 8.28. The second-order valence-corrected chi connectivity index (χ2v) is 3.03. The van der Waals surface area contributed by atoms with Gasteiger partial charge in [-0.05, 0) is 0 Å². The summed E-state index contributed by atoms with van der Waals surface area (Å²) in [4.78, 5) is 3.70. The highest BCUT2D eigenvalue weighted by atomic mass is 14.9. The number of anilines is 1. The number of hydrogen-bond acceptors (Lipinski definition) is 7. The van der Waals surface area contributed by atoms with E-state index in [1.165, 1.54) is 0 Å². The molecule has 0 amide bonds. The van der Waals surface area contributed by atoms with E-state index in [-0.39, 0.29) is 28.2 Å². The summed E-state index contributed by atoms with van der Waals surface area (Å²) < 4.78 is 0. The van der Waals surface area contributed by atoms with Crippen LogP contribution in [-0.4, -0.2) is 4.98 Å². The predicted molar refractivity (Wildman–Crippen MR) is 56.8 cm³/mol. The molecule has 1 rings (SSSR count). The predicted octanol–water partition coefficient (Wildman–Crippen LogP) is 0.410. The number of pyridine rings is 1. The van der Waals surface area contributed by atoms with Gasteiger partial charge in [0.2, 0.25) is 0 Å². The summed E-state index contributed by atoms with van der Waals surface area (Å²) in [5.41, 5.74) is 4.51. The van der Waals surface area contributed by atoms with Crippen LogP contribution in [-0.2, 0) is 0 Å². The number of nitriles is 5. The average Bonchev–Trinajstić information content (AvgIpc) is 2.39. The summed E-state index contributed by atoms with van der Waals surface area (Å²) >= 11 is 0. The SMILES string of the molecule is N#Cc1c(N)nc(C(C#N)C#N)c(C#N)c1C#N. The van der Waals surface area contributed by atoms with E-state index < -0.39 is 5.92 Å². The lowest BCUT2D eigenvalue weighted by atomic mass is 9.96. The molecular weight excluding hydrogens is 230 g/mol. The van der Waals surface area contributed by atoms with E-state index in [0.717, 1.165) is 0 Å². The van der Waals surface area contributed by atoms with Gasteiger partial charge >= 0.3 is 0 Å². The molecule has 82 valence electrons. The van der Waals surface area contributed by atoms with Crippen molar-refractivity contribution < 1.29 is 0 Å². The van der Waals surface area contributed by atoms with Crippen molar-refractivity contribution in [3.63, 3.8) is 0 Å². The van der Waals surface area contributed by atoms with E-state index in [2.05, 4.69) is 4.98 Å². The summed E-state index contributed by atoms with van der Waals surface area (Å²) in [5.74, 6) is -1.60. The molecule has 0 saturated heterocycles. The van der Waals surface area contributed by atoms with E-state index in [4.69, 9.17) is 32.0 Å². The van der Waals surface area contributed by atoms with Gasteiger partial charge in [-0.2, -0.15) is 26.3 Å². The standard InChI is InChI=1S/C11H3N7/c12-1-6(2-13)10-8(4-15)7(3-14)9(5-16)11(17)18-10/h6H,(H2,17,18). The lowest BCUT2D eigenvalue weighted by Crippen LogP contribution is -2.09. The van der Waals surface area contributed by atoms with Crippen molar-refractivity contribution >= 4 is 5.82 Å². The van der Waals surface area contributed by atoms with Crippen LogP contribution in [0.4, 0.5) is 5.82 Å². The molecule has 7 nitrogen and oxygen atoms in total. The van der Waals surface area contributed by atoms with Crippen LogP contribution >= 0.6 is 0 Å². The molecule has 0 bridgehead atoms. The van der Waals surface area contributed by atoms with Crippen LogP contribution in [0.15, 0.2) is 0 Å². The molecule has 0 spiro atoms.